The Kier molecular flexibility index (Phi) is 6.72. The van der Waals surface area contributed by atoms with E-state index in [1.165, 1.54) is 10.5 Å². The highest BCUT2D eigenvalue weighted by atomic mass is 32.2. The van der Waals surface area contributed by atoms with Crippen molar-refractivity contribution < 1.29 is 17.9 Å². The lowest BCUT2D eigenvalue weighted by Gasteiger charge is -2.31. The first-order chi connectivity index (χ1) is 15.5. The standard InChI is InChI=1S/C24H27N3O4S/c1-2-31-22-10-9-19-6-3-4-8-21(19)23(22)24(28)26-16-18-11-14-27(15-12-18)32(29,30)20-7-5-13-25-17-20/h3-10,13,17-18H,2,11-12,14-16H2,1H3,(H,26,28). The predicted molar refractivity (Wildman–Crippen MR) is 123 cm³/mol. The first-order valence-electron chi connectivity index (χ1n) is 10.8. The number of pyridine rings is 1. The molecule has 4 rings (SSSR count). The molecule has 0 saturated carbocycles. The van der Waals surface area contributed by atoms with Gasteiger partial charge in [0.15, 0.2) is 0 Å². The fraction of sp³-hybridized carbons (Fsp3) is 0.333. The molecular weight excluding hydrogens is 426 g/mol. The Labute approximate surface area is 188 Å². The van der Waals surface area contributed by atoms with Gasteiger partial charge in [-0.1, -0.05) is 30.3 Å². The molecule has 1 aliphatic heterocycles. The number of hydrogen-bond donors (Lipinski definition) is 1. The maximum atomic E-state index is 13.1. The number of hydrogen-bond acceptors (Lipinski definition) is 5. The van der Waals surface area contributed by atoms with Gasteiger partial charge in [0.25, 0.3) is 5.91 Å². The number of nitrogens with zero attached hydrogens (tertiary/aromatic N) is 2. The lowest BCUT2D eigenvalue weighted by Crippen LogP contribution is -2.41. The summed E-state index contributed by atoms with van der Waals surface area (Å²) in [6, 6.07) is 14.7. The molecule has 1 aliphatic rings. The van der Waals surface area contributed by atoms with E-state index in [4.69, 9.17) is 4.74 Å². The van der Waals surface area contributed by atoms with Crippen LogP contribution in [0.3, 0.4) is 0 Å². The molecule has 0 bridgehead atoms. The number of rotatable bonds is 7. The second-order valence-corrected chi connectivity index (χ2v) is 9.78. The number of carbonyl (C=O) groups excluding carboxylic acids is 1. The van der Waals surface area contributed by atoms with Gasteiger partial charge >= 0.3 is 0 Å². The zero-order chi connectivity index (χ0) is 22.6. The molecule has 1 N–H and O–H groups in total. The fourth-order valence-electron chi connectivity index (χ4n) is 4.09. The number of nitrogens with one attached hydrogen (secondary N) is 1. The number of sulfonamides is 1. The highest BCUT2D eigenvalue weighted by molar-refractivity contribution is 7.89. The SMILES string of the molecule is CCOc1ccc2ccccc2c1C(=O)NCC1CCN(S(=O)(=O)c2cccnc2)CC1. The quantitative estimate of drug-likeness (QED) is 0.592. The molecule has 1 amide bonds. The molecule has 2 aromatic carbocycles. The van der Waals surface area contributed by atoms with Crippen molar-refractivity contribution in [1.82, 2.24) is 14.6 Å². The lowest BCUT2D eigenvalue weighted by molar-refractivity contribution is 0.0939. The largest absolute Gasteiger partial charge is 0.493 e. The zero-order valence-corrected chi connectivity index (χ0v) is 18.8. The monoisotopic (exact) mass is 453 g/mol. The summed E-state index contributed by atoms with van der Waals surface area (Å²) in [5, 5.41) is 4.88. The van der Waals surface area contributed by atoms with Crippen LogP contribution in [0.4, 0.5) is 0 Å². The van der Waals surface area contributed by atoms with E-state index in [-0.39, 0.29) is 16.7 Å². The van der Waals surface area contributed by atoms with Gasteiger partial charge in [-0.05, 0) is 54.7 Å². The van der Waals surface area contributed by atoms with Gasteiger partial charge < -0.3 is 10.1 Å². The minimum absolute atomic E-state index is 0.171. The Bertz CT molecular complexity index is 1190. The van der Waals surface area contributed by atoms with Gasteiger partial charge in [-0.3, -0.25) is 9.78 Å². The normalized spacial score (nSPS) is 15.5. The van der Waals surface area contributed by atoms with Crippen molar-refractivity contribution in [2.24, 2.45) is 5.92 Å². The van der Waals surface area contributed by atoms with Crippen LogP contribution in [0.25, 0.3) is 10.8 Å². The van der Waals surface area contributed by atoms with Crippen molar-refractivity contribution in [3.8, 4) is 5.75 Å². The van der Waals surface area contributed by atoms with Gasteiger partial charge in [-0.2, -0.15) is 4.31 Å². The number of aromatic nitrogens is 1. The summed E-state index contributed by atoms with van der Waals surface area (Å²) in [5.74, 6) is 0.613. The number of carbonyl (C=O) groups is 1. The van der Waals surface area contributed by atoms with Gasteiger partial charge in [0.1, 0.15) is 10.6 Å². The van der Waals surface area contributed by atoms with Crippen LogP contribution < -0.4 is 10.1 Å². The second-order valence-electron chi connectivity index (χ2n) is 7.84. The molecule has 32 heavy (non-hydrogen) atoms. The Morgan fingerprint density at radius 1 is 1.12 bits per heavy atom. The van der Waals surface area contributed by atoms with Gasteiger partial charge in [-0.15, -0.1) is 0 Å². The molecule has 3 aromatic rings. The zero-order valence-electron chi connectivity index (χ0n) is 18.0. The molecule has 2 heterocycles. The van der Waals surface area contributed by atoms with E-state index in [0.717, 1.165) is 10.8 Å². The maximum absolute atomic E-state index is 13.1. The van der Waals surface area contributed by atoms with Gasteiger partial charge in [-0.25, -0.2) is 8.42 Å². The molecule has 1 saturated heterocycles. The number of piperidine rings is 1. The Balaban J connectivity index is 1.40. The van der Waals surface area contributed by atoms with Gasteiger partial charge in [0, 0.05) is 32.0 Å². The first kappa shape index (κ1) is 22.2. The molecule has 8 heteroatoms. The summed E-state index contributed by atoms with van der Waals surface area (Å²) < 4.78 is 32.8. The Morgan fingerprint density at radius 2 is 1.91 bits per heavy atom. The molecule has 0 spiro atoms. The summed E-state index contributed by atoms with van der Waals surface area (Å²) >= 11 is 0. The third-order valence-corrected chi connectivity index (χ3v) is 7.70. The minimum Gasteiger partial charge on any atom is -0.493 e. The predicted octanol–water partition coefficient (Wildman–Crippen LogP) is 3.46. The minimum atomic E-state index is -3.53. The highest BCUT2D eigenvalue weighted by Gasteiger charge is 2.30. The molecule has 0 radical (unpaired) electrons. The van der Waals surface area contributed by atoms with E-state index in [2.05, 4.69) is 10.3 Å². The third-order valence-electron chi connectivity index (χ3n) is 5.81. The molecule has 0 unspecified atom stereocenters. The van der Waals surface area contributed by atoms with Crippen LogP contribution in [-0.2, 0) is 10.0 Å². The van der Waals surface area contributed by atoms with Crippen molar-refractivity contribution >= 4 is 26.7 Å². The van der Waals surface area contributed by atoms with Crippen LogP contribution in [0, 0.1) is 5.92 Å². The smallest absolute Gasteiger partial charge is 0.255 e. The van der Waals surface area contributed by atoms with Gasteiger partial charge in [0.05, 0.1) is 12.2 Å². The lowest BCUT2D eigenvalue weighted by atomic mass is 9.97. The van der Waals surface area contributed by atoms with Crippen LogP contribution >= 0.6 is 0 Å². The molecule has 7 nitrogen and oxygen atoms in total. The molecule has 1 aromatic heterocycles. The summed E-state index contributed by atoms with van der Waals surface area (Å²) in [6.45, 7) is 3.72. The highest BCUT2D eigenvalue weighted by Crippen LogP contribution is 2.29. The molecular formula is C24H27N3O4S. The number of benzene rings is 2. The van der Waals surface area contributed by atoms with E-state index in [9.17, 15) is 13.2 Å². The van der Waals surface area contributed by atoms with Crippen LogP contribution in [-0.4, -0.2) is 49.9 Å². The van der Waals surface area contributed by atoms with Crippen molar-refractivity contribution in [2.45, 2.75) is 24.7 Å². The van der Waals surface area contributed by atoms with Crippen LogP contribution in [0.5, 0.6) is 5.75 Å². The van der Waals surface area contributed by atoms with E-state index in [0.29, 0.717) is 50.4 Å². The summed E-state index contributed by atoms with van der Waals surface area (Å²) in [4.78, 5) is 17.2. The number of ether oxygens (including phenoxy) is 1. The van der Waals surface area contributed by atoms with Crippen molar-refractivity contribution in [3.05, 3.63) is 66.5 Å². The van der Waals surface area contributed by atoms with Crippen LogP contribution in [0.1, 0.15) is 30.1 Å². The average molecular weight is 454 g/mol. The van der Waals surface area contributed by atoms with Gasteiger partial charge in [0.2, 0.25) is 10.0 Å². The van der Waals surface area contributed by atoms with E-state index in [1.54, 1.807) is 18.3 Å². The number of fused-ring (bicyclic) bond motifs is 1. The maximum Gasteiger partial charge on any atom is 0.255 e. The summed E-state index contributed by atoms with van der Waals surface area (Å²) in [6.07, 6.45) is 4.31. The van der Waals surface area contributed by atoms with Crippen molar-refractivity contribution in [3.63, 3.8) is 0 Å². The van der Waals surface area contributed by atoms with Crippen molar-refractivity contribution in [2.75, 3.05) is 26.2 Å². The van der Waals surface area contributed by atoms with E-state index < -0.39 is 10.0 Å². The van der Waals surface area contributed by atoms with Crippen LogP contribution in [0.15, 0.2) is 65.8 Å². The van der Waals surface area contributed by atoms with Crippen LogP contribution in [0.2, 0.25) is 0 Å². The second kappa shape index (κ2) is 9.67. The number of amides is 1. The average Bonchev–Trinajstić information content (AvgIpc) is 2.83. The third kappa shape index (κ3) is 4.61. The fourth-order valence-corrected chi connectivity index (χ4v) is 5.52. The molecule has 168 valence electrons. The Hall–Kier alpha value is -2.97. The summed E-state index contributed by atoms with van der Waals surface area (Å²) in [7, 11) is -3.53. The topological polar surface area (TPSA) is 88.6 Å². The van der Waals surface area contributed by atoms with Crippen molar-refractivity contribution in [1.29, 1.82) is 0 Å². The van der Waals surface area contributed by atoms with E-state index in [1.807, 2.05) is 43.3 Å². The Morgan fingerprint density at radius 3 is 2.62 bits per heavy atom. The van der Waals surface area contributed by atoms with E-state index >= 15 is 0 Å². The molecule has 0 atom stereocenters. The first-order valence-corrected chi connectivity index (χ1v) is 12.3. The molecule has 0 aliphatic carbocycles. The molecule has 1 fully saturated rings. The summed E-state index contributed by atoms with van der Waals surface area (Å²) in [5.41, 5.74) is 0.543.